The third kappa shape index (κ3) is 5.20. The highest BCUT2D eigenvalue weighted by Gasteiger charge is 2.30. The van der Waals surface area contributed by atoms with E-state index in [2.05, 4.69) is 22.4 Å². The number of rotatable bonds is 5. The molecule has 0 aliphatic heterocycles. The Labute approximate surface area is 198 Å². The van der Waals surface area contributed by atoms with Crippen LogP contribution in [0.5, 0.6) is 11.5 Å². The fourth-order valence-electron chi connectivity index (χ4n) is 3.59. The van der Waals surface area contributed by atoms with E-state index in [9.17, 15) is 18.0 Å². The fourth-order valence-corrected chi connectivity index (χ4v) is 3.59. The quantitative estimate of drug-likeness (QED) is 0.351. The number of amides is 1. The van der Waals surface area contributed by atoms with E-state index in [1.54, 1.807) is 25.3 Å². The van der Waals surface area contributed by atoms with Gasteiger partial charge in [0.15, 0.2) is 11.6 Å². The Morgan fingerprint density at radius 2 is 1.97 bits per heavy atom. The molecule has 0 radical (unpaired) electrons. The van der Waals surface area contributed by atoms with E-state index >= 15 is 4.39 Å². The van der Waals surface area contributed by atoms with Gasteiger partial charge in [0.2, 0.25) is 0 Å². The van der Waals surface area contributed by atoms with Crippen LogP contribution >= 0.6 is 0 Å². The van der Waals surface area contributed by atoms with Crippen molar-refractivity contribution in [1.82, 2.24) is 14.5 Å². The van der Waals surface area contributed by atoms with Crippen LogP contribution in [0.15, 0.2) is 48.7 Å². The van der Waals surface area contributed by atoms with Gasteiger partial charge < -0.3 is 9.64 Å². The summed E-state index contributed by atoms with van der Waals surface area (Å²) in [5.74, 6) is -0.319. The number of anilines is 1. The van der Waals surface area contributed by atoms with Crippen LogP contribution in [0.4, 0.5) is 28.0 Å². The maximum Gasteiger partial charge on any atom is 0.417 e. The normalized spacial score (nSPS) is 11.5. The number of fused-ring (bicyclic) bond motifs is 1. The lowest BCUT2D eigenvalue weighted by molar-refractivity contribution is -0.137. The molecule has 0 aliphatic rings. The number of halogens is 4. The monoisotopic (exact) mass is 484 g/mol. The van der Waals surface area contributed by atoms with E-state index in [0.29, 0.717) is 18.0 Å². The maximum absolute atomic E-state index is 15.3. The number of benzene rings is 1. The van der Waals surface area contributed by atoms with Crippen molar-refractivity contribution in [2.24, 2.45) is 0 Å². The summed E-state index contributed by atoms with van der Waals surface area (Å²) in [5.41, 5.74) is 0.165. The second-order valence-corrected chi connectivity index (χ2v) is 8.11. The molecule has 180 valence electrons. The van der Waals surface area contributed by atoms with Crippen LogP contribution in [0.25, 0.3) is 10.9 Å². The van der Waals surface area contributed by atoms with E-state index in [4.69, 9.17) is 4.74 Å². The number of nitrogens with one attached hydrogen (secondary N) is 1. The highest BCUT2D eigenvalue weighted by molar-refractivity contribution is 5.99. The van der Waals surface area contributed by atoms with Crippen LogP contribution < -0.4 is 10.1 Å². The van der Waals surface area contributed by atoms with Crippen molar-refractivity contribution in [3.05, 3.63) is 83.6 Å². The molecule has 35 heavy (non-hydrogen) atoms. The first-order valence-corrected chi connectivity index (χ1v) is 10.4. The zero-order chi connectivity index (χ0) is 25.3. The molecule has 0 spiro atoms. The summed E-state index contributed by atoms with van der Waals surface area (Å²) in [6.07, 6.45) is -3.03. The molecule has 4 aromatic rings. The summed E-state index contributed by atoms with van der Waals surface area (Å²) in [7, 11) is 3.80. The van der Waals surface area contributed by atoms with Crippen LogP contribution in [0.2, 0.25) is 0 Å². The van der Waals surface area contributed by atoms with Crippen LogP contribution in [-0.4, -0.2) is 34.6 Å². The first kappa shape index (κ1) is 24.0. The molecule has 1 N–H and O–H groups in total. The number of carbonyl (C=O) groups excluding carboxylic acids is 1. The number of aryl methyl sites for hydroxylation is 1. The number of aromatic nitrogens is 2. The van der Waals surface area contributed by atoms with Gasteiger partial charge in [-0.05, 0) is 57.4 Å². The summed E-state index contributed by atoms with van der Waals surface area (Å²) >= 11 is 0. The summed E-state index contributed by atoms with van der Waals surface area (Å²) < 4.78 is 61.1. The van der Waals surface area contributed by atoms with Crippen molar-refractivity contribution >= 4 is 22.6 Å². The predicted molar refractivity (Wildman–Crippen MR) is 122 cm³/mol. The molecule has 0 saturated heterocycles. The lowest BCUT2D eigenvalue weighted by Gasteiger charge is -2.12. The molecule has 0 saturated carbocycles. The first-order chi connectivity index (χ1) is 16.5. The maximum atomic E-state index is 15.3. The zero-order valence-electron chi connectivity index (χ0n) is 19.0. The predicted octanol–water partition coefficient (Wildman–Crippen LogP) is 6.04. The topological polar surface area (TPSA) is 59.4 Å². The van der Waals surface area contributed by atoms with Gasteiger partial charge in [-0.25, -0.2) is 9.18 Å². The molecule has 2 heterocycles. The van der Waals surface area contributed by atoms with Crippen LogP contribution in [0.1, 0.15) is 17.0 Å². The molecular formula is C25H20F4N4O2. The average Bonchev–Trinajstić information content (AvgIpc) is 3.12. The van der Waals surface area contributed by atoms with Gasteiger partial charge in [0.25, 0.3) is 0 Å². The largest absolute Gasteiger partial charge is 0.454 e. The molecule has 2 aromatic carbocycles. The Morgan fingerprint density at radius 3 is 2.69 bits per heavy atom. The summed E-state index contributed by atoms with van der Waals surface area (Å²) in [5, 5.41) is 2.48. The molecule has 6 nitrogen and oxygen atoms in total. The summed E-state index contributed by atoms with van der Waals surface area (Å²) in [4.78, 5) is 19.0. The number of carbonyl (C=O) groups is 1. The molecule has 2 aromatic heterocycles. The Balaban J connectivity index is 1.62. The third-order valence-electron chi connectivity index (χ3n) is 5.07. The van der Waals surface area contributed by atoms with Gasteiger partial charge in [-0.1, -0.05) is 6.07 Å². The number of pyridine rings is 1. The molecule has 0 aliphatic carbocycles. The molecule has 0 atom stereocenters. The van der Waals surface area contributed by atoms with Gasteiger partial charge in [-0.15, -0.1) is 0 Å². The molecule has 10 heteroatoms. The summed E-state index contributed by atoms with van der Waals surface area (Å²) in [6, 6.07) is 13.1. The standard InChI is InChI=1S/C25H20F4N4O2/c1-15-11-20-21(33(15)24(34)31-17-6-4-5-16(12-17)25(27,28)29)7-8-22(23(20)26)35-19-9-10-30-18(13-19)14-32(2)3/h5,7-13H,14H2,1-3H3,(H,31,34). The van der Waals surface area contributed by atoms with Crippen molar-refractivity contribution in [2.75, 3.05) is 19.4 Å². The van der Waals surface area contributed by atoms with Gasteiger partial charge >= 0.3 is 12.2 Å². The van der Waals surface area contributed by atoms with Crippen molar-refractivity contribution in [3.8, 4) is 11.5 Å². The van der Waals surface area contributed by atoms with Gasteiger partial charge in [-0.3, -0.25) is 14.9 Å². The SMILES string of the molecule is Cc1cc2c(F)c(Oc3ccnc(CN(C)C)c3)ccc2n1C(=O)Nc1c#ccc(C(F)(F)F)c1. The van der Waals surface area contributed by atoms with Crippen LogP contribution in [0, 0.1) is 24.9 Å². The molecule has 1 amide bonds. The van der Waals surface area contributed by atoms with Gasteiger partial charge in [0.05, 0.1) is 22.5 Å². The number of ether oxygens (including phenoxy) is 1. The van der Waals surface area contributed by atoms with E-state index in [0.717, 1.165) is 22.4 Å². The second-order valence-electron chi connectivity index (χ2n) is 8.11. The Kier molecular flexibility index (Phi) is 6.37. The minimum absolute atomic E-state index is 0.0436. The number of alkyl halides is 3. The average molecular weight is 484 g/mol. The Hall–Kier alpha value is -4.10. The molecular weight excluding hydrogens is 464 g/mol. The Morgan fingerprint density at radius 1 is 1.20 bits per heavy atom. The van der Waals surface area contributed by atoms with Gasteiger partial charge in [-0.2, -0.15) is 13.2 Å². The number of hydrogen-bond acceptors (Lipinski definition) is 4. The van der Waals surface area contributed by atoms with Gasteiger partial charge in [0, 0.05) is 36.0 Å². The lowest BCUT2D eigenvalue weighted by atomic mass is 10.2. The van der Waals surface area contributed by atoms with Crippen LogP contribution in [0.3, 0.4) is 0 Å². The molecule has 0 bridgehead atoms. The van der Waals surface area contributed by atoms with Crippen molar-refractivity contribution in [1.29, 1.82) is 0 Å². The lowest BCUT2D eigenvalue weighted by Crippen LogP contribution is -2.20. The highest BCUT2D eigenvalue weighted by Crippen LogP contribution is 2.33. The van der Waals surface area contributed by atoms with Gasteiger partial charge in [0.1, 0.15) is 5.75 Å². The second kappa shape index (κ2) is 9.27. The summed E-state index contributed by atoms with van der Waals surface area (Å²) in [6.45, 7) is 2.16. The Bertz CT molecular complexity index is 1400. The smallest absolute Gasteiger partial charge is 0.417 e. The van der Waals surface area contributed by atoms with Crippen molar-refractivity contribution < 1.29 is 27.1 Å². The first-order valence-electron chi connectivity index (χ1n) is 10.4. The van der Waals surface area contributed by atoms with Crippen molar-refractivity contribution in [3.63, 3.8) is 0 Å². The zero-order valence-corrected chi connectivity index (χ0v) is 19.0. The minimum Gasteiger partial charge on any atom is -0.454 e. The van der Waals surface area contributed by atoms with Crippen molar-refractivity contribution in [2.45, 2.75) is 19.6 Å². The molecule has 4 rings (SSSR count). The fraction of sp³-hybridized carbons (Fsp3) is 0.200. The number of nitrogens with zero attached hydrogens (tertiary/aromatic N) is 3. The van der Waals surface area contributed by atoms with E-state index in [-0.39, 0.29) is 22.3 Å². The third-order valence-corrected chi connectivity index (χ3v) is 5.07. The van der Waals surface area contributed by atoms with E-state index in [1.165, 1.54) is 18.2 Å². The van der Waals surface area contributed by atoms with E-state index in [1.807, 2.05) is 19.0 Å². The molecule has 0 fully saturated rings. The van der Waals surface area contributed by atoms with E-state index < -0.39 is 23.6 Å². The van der Waals surface area contributed by atoms with Crippen LogP contribution in [-0.2, 0) is 12.7 Å². The molecule has 0 unspecified atom stereocenters. The minimum atomic E-state index is -4.59. The highest BCUT2D eigenvalue weighted by atomic mass is 19.4. The number of hydrogen-bond donors (Lipinski definition) is 1.